The van der Waals surface area contributed by atoms with Crippen LogP contribution in [0.1, 0.15) is 33.9 Å². The molecule has 238 valence electrons. The molecular weight excluding hydrogens is 626 g/mol. The Bertz CT molecular complexity index is 1660. The van der Waals surface area contributed by atoms with Crippen molar-refractivity contribution in [3.05, 3.63) is 64.1 Å². The highest BCUT2D eigenvalue weighted by Gasteiger charge is 2.38. The zero-order valence-corrected chi connectivity index (χ0v) is 23.8. The van der Waals surface area contributed by atoms with Gasteiger partial charge < -0.3 is 20.1 Å². The number of alkyl halides is 6. The van der Waals surface area contributed by atoms with Crippen molar-refractivity contribution >= 4 is 46.1 Å². The number of amides is 1. The number of likely N-dealkylation sites (tertiary alicyclic amines) is 1. The van der Waals surface area contributed by atoms with Crippen molar-refractivity contribution in [3.63, 3.8) is 0 Å². The standard InChI is InChI=1S/C22H23ClN6O.2C2HF3O2/c1-14-25-26-21-5-4-18-19(29(14)21)11-20(22(30)24-2)28(18)13-16-8-15(9-17(23)10-16)12-27-6-3-7-27;2*3-2(4,5)1(6)7/h4-5,8-11H,3,6-7,12-13H2,1-2H3,(H,24,30);2*(H,6,7). The Labute approximate surface area is 249 Å². The summed E-state index contributed by atoms with van der Waals surface area (Å²) in [6.45, 7) is 5.64. The van der Waals surface area contributed by atoms with Gasteiger partial charge in [-0.2, -0.15) is 26.3 Å². The number of aryl methyl sites for hydroxylation is 1. The summed E-state index contributed by atoms with van der Waals surface area (Å²) in [5, 5.41) is 26.1. The lowest BCUT2D eigenvalue weighted by atomic mass is 10.1. The van der Waals surface area contributed by atoms with Crippen LogP contribution in [0, 0.1) is 6.92 Å². The first-order valence-electron chi connectivity index (χ1n) is 12.6. The summed E-state index contributed by atoms with van der Waals surface area (Å²) < 4.78 is 67.5. The molecule has 1 aromatic carbocycles. The Morgan fingerprint density at radius 2 is 1.43 bits per heavy atom. The SMILES string of the molecule is CNC(=O)c1cc2c(ccc3nnc(C)n32)n1Cc1cc(Cl)cc(CN2CCC2)c1.O=C(O)C(F)(F)F.O=C(O)C(F)(F)F. The summed E-state index contributed by atoms with van der Waals surface area (Å²) in [7, 11) is 1.65. The maximum Gasteiger partial charge on any atom is 0.490 e. The summed E-state index contributed by atoms with van der Waals surface area (Å²) in [5.41, 5.74) is 5.50. The Morgan fingerprint density at radius 3 is 1.91 bits per heavy atom. The van der Waals surface area contributed by atoms with Crippen molar-refractivity contribution in [2.24, 2.45) is 0 Å². The van der Waals surface area contributed by atoms with Crippen molar-refractivity contribution in [3.8, 4) is 0 Å². The third-order valence-corrected chi connectivity index (χ3v) is 6.47. The molecule has 0 saturated carbocycles. The smallest absolute Gasteiger partial charge is 0.475 e. The molecule has 1 aliphatic rings. The molecule has 3 N–H and O–H groups in total. The van der Waals surface area contributed by atoms with E-state index in [1.807, 2.05) is 46.2 Å². The number of fused-ring (bicyclic) bond motifs is 3. The molecule has 11 nitrogen and oxygen atoms in total. The molecular formula is C26H25ClF6N6O5. The Balaban J connectivity index is 0.000000317. The van der Waals surface area contributed by atoms with Crippen LogP contribution in [-0.2, 0) is 22.7 Å². The van der Waals surface area contributed by atoms with Gasteiger partial charge in [-0.05, 0) is 67.9 Å². The van der Waals surface area contributed by atoms with Crippen LogP contribution in [0.25, 0.3) is 16.7 Å². The van der Waals surface area contributed by atoms with E-state index >= 15 is 0 Å². The summed E-state index contributed by atoms with van der Waals surface area (Å²) >= 11 is 6.44. The summed E-state index contributed by atoms with van der Waals surface area (Å²) in [5.74, 6) is -4.86. The highest BCUT2D eigenvalue weighted by molar-refractivity contribution is 6.30. The number of rotatable bonds is 5. The Morgan fingerprint density at radius 1 is 0.886 bits per heavy atom. The van der Waals surface area contributed by atoms with Crippen molar-refractivity contribution < 1.29 is 50.9 Å². The lowest BCUT2D eigenvalue weighted by molar-refractivity contribution is -0.193. The second-order valence-corrected chi connectivity index (χ2v) is 9.88. The molecule has 0 atom stereocenters. The minimum absolute atomic E-state index is 0.132. The number of benzene rings is 1. The molecule has 4 aromatic rings. The number of carboxylic acid groups (broad SMARTS) is 2. The molecule has 18 heteroatoms. The van der Waals surface area contributed by atoms with E-state index in [4.69, 9.17) is 31.4 Å². The zero-order valence-electron chi connectivity index (χ0n) is 23.0. The van der Waals surface area contributed by atoms with Gasteiger partial charge in [-0.3, -0.25) is 14.1 Å². The van der Waals surface area contributed by atoms with E-state index in [1.54, 1.807) is 7.05 Å². The van der Waals surface area contributed by atoms with Gasteiger partial charge in [0.25, 0.3) is 5.91 Å². The molecule has 1 saturated heterocycles. The van der Waals surface area contributed by atoms with Crippen LogP contribution < -0.4 is 5.32 Å². The van der Waals surface area contributed by atoms with Crippen LogP contribution in [0.15, 0.2) is 36.4 Å². The van der Waals surface area contributed by atoms with Crippen LogP contribution in [0.5, 0.6) is 0 Å². The van der Waals surface area contributed by atoms with Gasteiger partial charge in [-0.1, -0.05) is 17.7 Å². The van der Waals surface area contributed by atoms with Crippen molar-refractivity contribution in [2.75, 3.05) is 20.1 Å². The maximum atomic E-state index is 12.7. The molecule has 1 amide bonds. The topological polar surface area (TPSA) is 142 Å². The summed E-state index contributed by atoms with van der Waals surface area (Å²) in [6, 6.07) is 12.0. The number of nitrogens with one attached hydrogen (secondary N) is 1. The first kappa shape index (κ1) is 34.1. The fourth-order valence-electron chi connectivity index (χ4n) is 4.21. The molecule has 1 aliphatic heterocycles. The first-order chi connectivity index (χ1) is 20.4. The number of aliphatic carboxylic acids is 2. The molecule has 4 heterocycles. The molecule has 0 radical (unpaired) electrons. The third-order valence-electron chi connectivity index (χ3n) is 6.26. The van der Waals surface area contributed by atoms with Gasteiger partial charge >= 0.3 is 24.3 Å². The maximum absolute atomic E-state index is 12.7. The summed E-state index contributed by atoms with van der Waals surface area (Å²) in [4.78, 5) is 32.9. The normalized spacial score (nSPS) is 13.4. The lowest BCUT2D eigenvalue weighted by Crippen LogP contribution is -2.36. The van der Waals surface area contributed by atoms with E-state index in [0.29, 0.717) is 12.2 Å². The fraction of sp³-hybridized carbons (Fsp3) is 0.346. The number of halogens is 7. The molecule has 0 spiro atoms. The monoisotopic (exact) mass is 650 g/mol. The molecule has 44 heavy (non-hydrogen) atoms. The van der Waals surface area contributed by atoms with Crippen LogP contribution in [0.4, 0.5) is 26.3 Å². The molecule has 0 aliphatic carbocycles. The average Bonchev–Trinajstić information content (AvgIpc) is 3.45. The van der Waals surface area contributed by atoms with Crippen LogP contribution in [-0.4, -0.2) is 84.6 Å². The Hall–Kier alpha value is -4.38. The van der Waals surface area contributed by atoms with Gasteiger partial charge in [-0.15, -0.1) is 10.2 Å². The van der Waals surface area contributed by atoms with Gasteiger partial charge in [-0.25, -0.2) is 9.59 Å². The minimum Gasteiger partial charge on any atom is -0.475 e. The van der Waals surface area contributed by atoms with E-state index in [0.717, 1.165) is 52.7 Å². The van der Waals surface area contributed by atoms with Gasteiger partial charge in [0.1, 0.15) is 11.5 Å². The van der Waals surface area contributed by atoms with E-state index in [2.05, 4.69) is 26.5 Å². The summed E-state index contributed by atoms with van der Waals surface area (Å²) in [6.07, 6.45) is -8.91. The fourth-order valence-corrected chi connectivity index (χ4v) is 4.49. The number of nitrogens with zero attached hydrogens (tertiary/aromatic N) is 5. The van der Waals surface area contributed by atoms with E-state index in [1.165, 1.54) is 12.0 Å². The van der Waals surface area contributed by atoms with E-state index < -0.39 is 24.3 Å². The predicted octanol–water partition coefficient (Wildman–Crippen LogP) is 4.53. The minimum atomic E-state index is -5.08. The van der Waals surface area contributed by atoms with Gasteiger partial charge in [0.2, 0.25) is 0 Å². The van der Waals surface area contributed by atoms with Crippen LogP contribution in [0.3, 0.4) is 0 Å². The van der Waals surface area contributed by atoms with Crippen molar-refractivity contribution in [1.82, 2.24) is 29.4 Å². The molecule has 5 rings (SSSR count). The highest BCUT2D eigenvalue weighted by atomic mass is 35.5. The number of aromatic nitrogens is 4. The second kappa shape index (κ2) is 13.5. The lowest BCUT2D eigenvalue weighted by Gasteiger charge is -2.30. The van der Waals surface area contributed by atoms with Gasteiger partial charge in [0, 0.05) is 25.2 Å². The molecule has 0 bridgehead atoms. The second-order valence-electron chi connectivity index (χ2n) is 9.44. The zero-order chi connectivity index (χ0) is 33.0. The van der Waals surface area contributed by atoms with Crippen molar-refractivity contribution in [2.45, 2.75) is 38.8 Å². The van der Waals surface area contributed by atoms with Gasteiger partial charge in [0.05, 0.1) is 11.0 Å². The molecule has 3 aromatic heterocycles. The van der Waals surface area contributed by atoms with Gasteiger partial charge in [0.15, 0.2) is 5.65 Å². The van der Waals surface area contributed by atoms with Crippen LogP contribution >= 0.6 is 11.6 Å². The third kappa shape index (κ3) is 8.37. The number of carbonyl (C=O) groups is 3. The predicted molar refractivity (Wildman–Crippen MR) is 144 cm³/mol. The highest BCUT2D eigenvalue weighted by Crippen LogP contribution is 2.26. The largest absolute Gasteiger partial charge is 0.490 e. The number of hydrogen-bond donors (Lipinski definition) is 3. The number of carbonyl (C=O) groups excluding carboxylic acids is 1. The van der Waals surface area contributed by atoms with Crippen molar-refractivity contribution in [1.29, 1.82) is 0 Å². The Kier molecular flexibility index (Phi) is 10.5. The molecule has 1 fully saturated rings. The number of pyridine rings is 1. The first-order valence-corrected chi connectivity index (χ1v) is 13.0. The van der Waals surface area contributed by atoms with E-state index in [9.17, 15) is 31.1 Å². The average molecular weight is 651 g/mol. The van der Waals surface area contributed by atoms with Crippen LogP contribution in [0.2, 0.25) is 5.02 Å². The number of hydrogen-bond acceptors (Lipinski definition) is 6. The quantitative estimate of drug-likeness (QED) is 0.268. The molecule has 0 unspecified atom stereocenters. The number of carboxylic acids is 2. The van der Waals surface area contributed by atoms with E-state index in [-0.39, 0.29) is 5.91 Å².